The quantitative estimate of drug-likeness (QED) is 0.672. The Morgan fingerprint density at radius 1 is 1.11 bits per heavy atom. The van der Waals surface area contributed by atoms with Gasteiger partial charge in [0, 0.05) is 15.7 Å². The second-order valence-corrected chi connectivity index (χ2v) is 5.44. The molecule has 0 saturated carbocycles. The van der Waals surface area contributed by atoms with Gasteiger partial charge in [-0.3, -0.25) is 0 Å². The fourth-order valence-electron chi connectivity index (χ4n) is 1.63. The maximum Gasteiger partial charge on any atom is 0.488 e. The van der Waals surface area contributed by atoms with Crippen LogP contribution in [-0.4, -0.2) is 17.2 Å². The average Bonchev–Trinajstić information content (AvgIpc) is 2.39. The molecule has 0 fully saturated rings. The van der Waals surface area contributed by atoms with E-state index in [4.69, 9.17) is 11.6 Å². The Morgan fingerprint density at radius 3 is 2.42 bits per heavy atom. The molecule has 6 heteroatoms. The lowest BCUT2D eigenvalue weighted by Crippen LogP contribution is -2.33. The molecule has 0 radical (unpaired) electrons. The third-order valence-corrected chi connectivity index (χ3v) is 3.91. The Hall–Kier alpha value is -1.01. The molecule has 0 bridgehead atoms. The van der Waals surface area contributed by atoms with Crippen LogP contribution in [0.2, 0.25) is 5.02 Å². The first kappa shape index (κ1) is 14.4. The standard InChI is InChI=1S/C13H11BClFO2S/c15-10-2-5-12(6-3-10)19-8-9-1-4-11(16)7-13(9)14(17)18/h1-7,17-18H,8H2. The Bertz CT molecular complexity index is 563. The monoisotopic (exact) mass is 296 g/mol. The highest BCUT2D eigenvalue weighted by atomic mass is 35.5. The van der Waals surface area contributed by atoms with Gasteiger partial charge in [-0.2, -0.15) is 0 Å². The molecular weight excluding hydrogens is 285 g/mol. The van der Waals surface area contributed by atoms with Crippen LogP contribution in [-0.2, 0) is 5.75 Å². The van der Waals surface area contributed by atoms with Crippen molar-refractivity contribution in [3.8, 4) is 0 Å². The molecule has 0 unspecified atom stereocenters. The van der Waals surface area contributed by atoms with Gasteiger partial charge in [-0.1, -0.05) is 17.7 Å². The number of benzene rings is 2. The van der Waals surface area contributed by atoms with Crippen molar-refractivity contribution in [2.24, 2.45) is 0 Å². The topological polar surface area (TPSA) is 40.5 Å². The van der Waals surface area contributed by atoms with Crippen molar-refractivity contribution in [1.29, 1.82) is 0 Å². The summed E-state index contributed by atoms with van der Waals surface area (Å²) in [5, 5.41) is 19.1. The van der Waals surface area contributed by atoms with E-state index in [1.807, 2.05) is 12.1 Å². The van der Waals surface area contributed by atoms with Crippen molar-refractivity contribution in [3.63, 3.8) is 0 Å². The van der Waals surface area contributed by atoms with Crippen LogP contribution in [0.4, 0.5) is 4.39 Å². The maximum absolute atomic E-state index is 13.1. The van der Waals surface area contributed by atoms with E-state index in [9.17, 15) is 14.4 Å². The molecule has 0 spiro atoms. The molecule has 0 heterocycles. The van der Waals surface area contributed by atoms with Gasteiger partial charge in [0.05, 0.1) is 0 Å². The van der Waals surface area contributed by atoms with Gasteiger partial charge in [-0.25, -0.2) is 4.39 Å². The lowest BCUT2D eigenvalue weighted by molar-refractivity contribution is 0.425. The highest BCUT2D eigenvalue weighted by molar-refractivity contribution is 7.98. The van der Waals surface area contributed by atoms with Crippen LogP contribution < -0.4 is 5.46 Å². The van der Waals surface area contributed by atoms with Gasteiger partial charge in [0.1, 0.15) is 5.82 Å². The van der Waals surface area contributed by atoms with Crippen molar-refractivity contribution in [2.75, 3.05) is 0 Å². The Morgan fingerprint density at radius 2 is 1.79 bits per heavy atom. The Labute approximate surface area is 120 Å². The molecule has 0 atom stereocenters. The third kappa shape index (κ3) is 3.98. The van der Waals surface area contributed by atoms with Crippen molar-refractivity contribution < 1.29 is 14.4 Å². The van der Waals surface area contributed by atoms with Gasteiger partial charge in [-0.05, 0) is 47.4 Å². The summed E-state index contributed by atoms with van der Waals surface area (Å²) in [4.78, 5) is 1.01. The van der Waals surface area contributed by atoms with E-state index in [1.165, 1.54) is 17.8 Å². The molecule has 0 aliphatic rings. The average molecular weight is 297 g/mol. The molecular formula is C13H11BClFO2S. The lowest BCUT2D eigenvalue weighted by Gasteiger charge is -2.09. The number of hydrogen-bond donors (Lipinski definition) is 2. The molecule has 2 rings (SSSR count). The maximum atomic E-state index is 13.1. The summed E-state index contributed by atoms with van der Waals surface area (Å²) in [6, 6.07) is 11.4. The summed E-state index contributed by atoms with van der Waals surface area (Å²) < 4.78 is 13.1. The van der Waals surface area contributed by atoms with Crippen molar-refractivity contribution in [3.05, 3.63) is 58.9 Å². The largest absolute Gasteiger partial charge is 0.488 e. The van der Waals surface area contributed by atoms with Gasteiger partial charge in [0.15, 0.2) is 0 Å². The Kier molecular flexibility index (Phi) is 4.88. The zero-order chi connectivity index (χ0) is 13.8. The SMILES string of the molecule is OB(O)c1cc(F)ccc1CSc1ccc(Cl)cc1. The normalized spacial score (nSPS) is 10.5. The molecule has 98 valence electrons. The van der Waals surface area contributed by atoms with Crippen LogP contribution >= 0.6 is 23.4 Å². The molecule has 19 heavy (non-hydrogen) atoms. The fourth-order valence-corrected chi connectivity index (χ4v) is 2.67. The summed E-state index contributed by atoms with van der Waals surface area (Å²) in [7, 11) is -1.67. The molecule has 0 aliphatic heterocycles. The van der Waals surface area contributed by atoms with Crippen LogP contribution in [0.15, 0.2) is 47.4 Å². The number of hydrogen-bond acceptors (Lipinski definition) is 3. The molecule has 0 amide bonds. The molecule has 2 nitrogen and oxygen atoms in total. The number of rotatable bonds is 4. The van der Waals surface area contributed by atoms with Crippen LogP contribution in [0, 0.1) is 5.82 Å². The molecule has 0 saturated heterocycles. The van der Waals surface area contributed by atoms with Crippen LogP contribution in [0.5, 0.6) is 0 Å². The first-order valence-corrected chi connectivity index (χ1v) is 6.95. The van der Waals surface area contributed by atoms with E-state index in [0.717, 1.165) is 11.0 Å². The Balaban J connectivity index is 2.13. The van der Waals surface area contributed by atoms with E-state index in [0.29, 0.717) is 16.3 Å². The second kappa shape index (κ2) is 6.43. The van der Waals surface area contributed by atoms with E-state index < -0.39 is 12.9 Å². The lowest BCUT2D eigenvalue weighted by atomic mass is 9.77. The van der Waals surface area contributed by atoms with E-state index in [-0.39, 0.29) is 5.46 Å². The number of halogens is 2. The first-order chi connectivity index (χ1) is 9.06. The predicted molar refractivity (Wildman–Crippen MR) is 77.2 cm³/mol. The second-order valence-electron chi connectivity index (χ2n) is 3.96. The van der Waals surface area contributed by atoms with Crippen LogP contribution in [0.3, 0.4) is 0 Å². The zero-order valence-electron chi connectivity index (χ0n) is 9.88. The van der Waals surface area contributed by atoms with Crippen molar-refractivity contribution >= 4 is 35.9 Å². The van der Waals surface area contributed by atoms with Crippen molar-refractivity contribution in [2.45, 2.75) is 10.6 Å². The van der Waals surface area contributed by atoms with Gasteiger partial charge >= 0.3 is 7.12 Å². The van der Waals surface area contributed by atoms with Gasteiger partial charge < -0.3 is 10.0 Å². The summed E-state index contributed by atoms with van der Waals surface area (Å²) in [6.07, 6.45) is 0. The van der Waals surface area contributed by atoms with Crippen LogP contribution in [0.25, 0.3) is 0 Å². The molecule has 0 aliphatic carbocycles. The third-order valence-electron chi connectivity index (χ3n) is 2.59. The zero-order valence-corrected chi connectivity index (χ0v) is 11.5. The van der Waals surface area contributed by atoms with E-state index in [1.54, 1.807) is 18.2 Å². The minimum absolute atomic E-state index is 0.196. The van der Waals surface area contributed by atoms with Gasteiger partial charge in [0.2, 0.25) is 0 Å². The van der Waals surface area contributed by atoms with Crippen molar-refractivity contribution in [1.82, 2.24) is 0 Å². The fraction of sp³-hybridized carbons (Fsp3) is 0.0769. The molecule has 2 N–H and O–H groups in total. The van der Waals surface area contributed by atoms with E-state index in [2.05, 4.69) is 0 Å². The van der Waals surface area contributed by atoms with Gasteiger partial charge in [-0.15, -0.1) is 11.8 Å². The summed E-state index contributed by atoms with van der Waals surface area (Å²) in [6.45, 7) is 0. The first-order valence-electron chi connectivity index (χ1n) is 5.59. The summed E-state index contributed by atoms with van der Waals surface area (Å²) in [5.74, 6) is 0.0397. The highest BCUT2D eigenvalue weighted by Crippen LogP contribution is 2.23. The predicted octanol–water partition coefficient (Wildman–Crippen LogP) is 2.45. The summed E-state index contributed by atoms with van der Waals surface area (Å²) in [5.41, 5.74) is 0.887. The van der Waals surface area contributed by atoms with Crippen LogP contribution in [0.1, 0.15) is 5.56 Å². The minimum Gasteiger partial charge on any atom is -0.423 e. The molecule has 0 aromatic heterocycles. The number of thioether (sulfide) groups is 1. The summed E-state index contributed by atoms with van der Waals surface area (Å²) >= 11 is 7.31. The highest BCUT2D eigenvalue weighted by Gasteiger charge is 2.16. The van der Waals surface area contributed by atoms with Gasteiger partial charge in [0.25, 0.3) is 0 Å². The minimum atomic E-state index is -1.67. The van der Waals surface area contributed by atoms with E-state index >= 15 is 0 Å². The molecule has 2 aromatic carbocycles. The molecule has 2 aromatic rings. The smallest absolute Gasteiger partial charge is 0.423 e.